The first-order valence-corrected chi connectivity index (χ1v) is 12.5. The Morgan fingerprint density at radius 1 is 1.34 bits per heavy atom. The Morgan fingerprint density at radius 3 is 2.97 bits per heavy atom. The lowest BCUT2D eigenvalue weighted by molar-refractivity contribution is 0.461. The normalized spacial score (nSPS) is 16.9. The summed E-state index contributed by atoms with van der Waals surface area (Å²) in [5.41, 5.74) is 4.15. The Balaban J connectivity index is 1.39. The van der Waals surface area contributed by atoms with Crippen molar-refractivity contribution in [3.05, 3.63) is 78.3 Å². The third-order valence-corrected chi connectivity index (χ3v) is 8.32. The molecule has 5 nitrogen and oxygen atoms in total. The molecular weight excluding hydrogens is 443 g/mol. The Labute approximate surface area is 194 Å². The molecule has 0 bridgehead atoms. The Morgan fingerprint density at radius 2 is 2.19 bits per heavy atom. The van der Waals surface area contributed by atoms with Crippen LogP contribution in [0.15, 0.2) is 34.7 Å². The van der Waals surface area contributed by atoms with E-state index in [2.05, 4.69) is 15.3 Å². The van der Waals surface area contributed by atoms with Crippen molar-refractivity contribution in [1.82, 2.24) is 19.9 Å². The summed E-state index contributed by atoms with van der Waals surface area (Å²) >= 11 is 3.22. The van der Waals surface area contributed by atoms with E-state index < -0.39 is 0 Å². The Kier molecular flexibility index (Phi) is 5.69. The third kappa shape index (κ3) is 3.91. The van der Waals surface area contributed by atoms with E-state index in [9.17, 15) is 9.18 Å². The van der Waals surface area contributed by atoms with Gasteiger partial charge in [-0.2, -0.15) is 0 Å². The molecule has 2 atom stereocenters. The molecule has 0 saturated carbocycles. The van der Waals surface area contributed by atoms with E-state index in [4.69, 9.17) is 0 Å². The lowest BCUT2D eigenvalue weighted by atomic mass is 9.92. The minimum absolute atomic E-state index is 0.0208. The number of aromatic nitrogens is 3. The molecule has 5 rings (SSSR count). The van der Waals surface area contributed by atoms with Crippen molar-refractivity contribution in [2.24, 2.45) is 0 Å². The van der Waals surface area contributed by atoms with Crippen molar-refractivity contribution >= 4 is 32.9 Å². The minimum atomic E-state index is -0.202. The second-order valence-electron chi connectivity index (χ2n) is 8.50. The van der Waals surface area contributed by atoms with Gasteiger partial charge in [0.1, 0.15) is 10.6 Å². The maximum atomic E-state index is 13.6. The molecule has 2 unspecified atom stereocenters. The highest BCUT2D eigenvalue weighted by molar-refractivity contribution is 7.18. The molecule has 32 heavy (non-hydrogen) atoms. The molecule has 0 radical (unpaired) electrons. The molecule has 1 N–H and O–H groups in total. The molecule has 0 spiro atoms. The van der Waals surface area contributed by atoms with E-state index in [0.29, 0.717) is 12.6 Å². The number of thiazole rings is 1. The van der Waals surface area contributed by atoms with Crippen LogP contribution in [0.5, 0.6) is 0 Å². The average Bonchev–Trinajstić information content (AvgIpc) is 3.37. The second-order valence-corrected chi connectivity index (χ2v) is 10.6. The van der Waals surface area contributed by atoms with Crippen LogP contribution in [0.3, 0.4) is 0 Å². The van der Waals surface area contributed by atoms with E-state index in [0.717, 1.165) is 56.9 Å². The van der Waals surface area contributed by atoms with E-state index in [1.807, 2.05) is 32.2 Å². The Hall–Kier alpha value is -2.42. The van der Waals surface area contributed by atoms with Crippen LogP contribution in [0.25, 0.3) is 10.2 Å². The van der Waals surface area contributed by atoms with Gasteiger partial charge in [-0.1, -0.05) is 6.07 Å². The zero-order chi connectivity index (χ0) is 22.4. The molecule has 0 amide bonds. The first-order valence-electron chi connectivity index (χ1n) is 10.8. The van der Waals surface area contributed by atoms with Crippen molar-refractivity contribution in [3.8, 4) is 0 Å². The van der Waals surface area contributed by atoms with Gasteiger partial charge in [0.05, 0.1) is 28.5 Å². The molecule has 0 saturated heterocycles. The van der Waals surface area contributed by atoms with Crippen LogP contribution in [0.1, 0.15) is 51.7 Å². The maximum absolute atomic E-state index is 13.6. The number of benzene rings is 1. The Bertz CT molecular complexity index is 1360. The van der Waals surface area contributed by atoms with Gasteiger partial charge in [0.25, 0.3) is 5.56 Å². The number of rotatable bonds is 5. The highest BCUT2D eigenvalue weighted by atomic mass is 32.1. The van der Waals surface area contributed by atoms with Crippen molar-refractivity contribution in [2.45, 2.75) is 58.7 Å². The van der Waals surface area contributed by atoms with E-state index in [1.54, 1.807) is 39.6 Å². The van der Waals surface area contributed by atoms with Crippen LogP contribution in [0.4, 0.5) is 4.39 Å². The molecule has 1 aliphatic rings. The van der Waals surface area contributed by atoms with Crippen LogP contribution >= 0.6 is 22.7 Å². The fraction of sp³-hybridized carbons (Fsp3) is 0.375. The summed E-state index contributed by atoms with van der Waals surface area (Å²) in [5.74, 6) is -0.202. The van der Waals surface area contributed by atoms with Crippen molar-refractivity contribution in [1.29, 1.82) is 0 Å². The van der Waals surface area contributed by atoms with E-state index >= 15 is 0 Å². The van der Waals surface area contributed by atoms with Gasteiger partial charge in [0.2, 0.25) is 0 Å². The average molecular weight is 469 g/mol. The van der Waals surface area contributed by atoms with Crippen LogP contribution in [-0.2, 0) is 19.4 Å². The molecule has 1 aromatic carbocycles. The fourth-order valence-electron chi connectivity index (χ4n) is 4.43. The van der Waals surface area contributed by atoms with Gasteiger partial charge < -0.3 is 5.32 Å². The lowest BCUT2D eigenvalue weighted by Crippen LogP contribution is -2.34. The van der Waals surface area contributed by atoms with E-state index in [1.165, 1.54) is 10.9 Å². The molecule has 3 aromatic heterocycles. The number of nitrogens with one attached hydrogen (secondary N) is 1. The summed E-state index contributed by atoms with van der Waals surface area (Å²) in [6, 6.07) is 5.08. The lowest BCUT2D eigenvalue weighted by Gasteiger charge is -2.24. The molecule has 0 fully saturated rings. The van der Waals surface area contributed by atoms with Gasteiger partial charge >= 0.3 is 0 Å². The van der Waals surface area contributed by atoms with Crippen LogP contribution < -0.4 is 10.9 Å². The van der Waals surface area contributed by atoms with Crippen molar-refractivity contribution in [2.75, 3.05) is 0 Å². The summed E-state index contributed by atoms with van der Waals surface area (Å²) in [5, 5.41) is 7.36. The maximum Gasteiger partial charge on any atom is 0.262 e. The molecule has 1 aliphatic carbocycles. The van der Waals surface area contributed by atoms with Crippen molar-refractivity contribution < 1.29 is 4.39 Å². The van der Waals surface area contributed by atoms with Gasteiger partial charge in [0.15, 0.2) is 0 Å². The first kappa shape index (κ1) is 21.4. The van der Waals surface area contributed by atoms with Gasteiger partial charge in [-0.3, -0.25) is 9.36 Å². The number of nitrogens with zero attached hydrogens (tertiary/aromatic N) is 3. The number of halogens is 1. The number of thiophene rings is 1. The predicted octanol–water partition coefficient (Wildman–Crippen LogP) is 4.93. The monoisotopic (exact) mass is 468 g/mol. The summed E-state index contributed by atoms with van der Waals surface area (Å²) in [6.45, 7) is 6.62. The SMILES string of the molecule is Cc1nc(C(C)n2cnc3sc4c(c3c2=O)CCC(NCc2cc(F)ccc2C)C4)cs1. The largest absolute Gasteiger partial charge is 0.310 e. The molecule has 8 heteroatoms. The standard InChI is InChI=1S/C24H25FN4OS2/c1-13-4-5-17(25)8-16(13)10-26-18-6-7-19-21(9-18)32-23-22(19)24(30)29(12-27-23)14(2)20-11-31-15(3)28-20/h4-5,8,11-12,14,18,26H,6-7,9-10H2,1-3H3. The highest BCUT2D eigenvalue weighted by Crippen LogP contribution is 2.34. The van der Waals surface area contributed by atoms with Gasteiger partial charge in [-0.05, 0) is 68.9 Å². The smallest absolute Gasteiger partial charge is 0.262 e. The second kappa shape index (κ2) is 8.50. The van der Waals surface area contributed by atoms with Gasteiger partial charge in [-0.25, -0.2) is 14.4 Å². The quantitative estimate of drug-likeness (QED) is 0.451. The van der Waals surface area contributed by atoms with Gasteiger partial charge in [-0.15, -0.1) is 22.7 Å². The first-order chi connectivity index (χ1) is 15.4. The topological polar surface area (TPSA) is 59.8 Å². The van der Waals surface area contributed by atoms with Gasteiger partial charge in [0, 0.05) is 22.8 Å². The van der Waals surface area contributed by atoms with Crippen LogP contribution in [0.2, 0.25) is 0 Å². The molecule has 3 heterocycles. The third-order valence-electron chi connectivity index (χ3n) is 6.37. The number of aryl methyl sites for hydroxylation is 3. The fourth-order valence-corrected chi connectivity index (χ4v) is 6.39. The number of fused-ring (bicyclic) bond motifs is 3. The molecule has 0 aliphatic heterocycles. The number of hydrogen-bond acceptors (Lipinski definition) is 6. The summed E-state index contributed by atoms with van der Waals surface area (Å²) in [7, 11) is 0. The molecule has 4 aromatic rings. The zero-order valence-electron chi connectivity index (χ0n) is 18.3. The molecule has 166 valence electrons. The highest BCUT2D eigenvalue weighted by Gasteiger charge is 2.26. The van der Waals surface area contributed by atoms with Crippen LogP contribution in [0, 0.1) is 19.7 Å². The number of hydrogen-bond donors (Lipinski definition) is 1. The summed E-state index contributed by atoms with van der Waals surface area (Å²) in [4.78, 5) is 24.6. The predicted molar refractivity (Wildman–Crippen MR) is 128 cm³/mol. The minimum Gasteiger partial charge on any atom is -0.310 e. The van der Waals surface area contributed by atoms with E-state index in [-0.39, 0.29) is 17.4 Å². The van der Waals surface area contributed by atoms with Crippen LogP contribution in [-0.4, -0.2) is 20.6 Å². The summed E-state index contributed by atoms with van der Waals surface area (Å²) < 4.78 is 15.3. The summed E-state index contributed by atoms with van der Waals surface area (Å²) in [6.07, 6.45) is 4.32. The van der Waals surface area contributed by atoms with Crippen molar-refractivity contribution in [3.63, 3.8) is 0 Å². The zero-order valence-corrected chi connectivity index (χ0v) is 19.9. The molecular formula is C24H25FN4OS2.